The van der Waals surface area contributed by atoms with Crippen molar-refractivity contribution in [3.63, 3.8) is 0 Å². The smallest absolute Gasteiger partial charge is 0.235 e. The molecule has 2 aromatic rings. The van der Waals surface area contributed by atoms with Gasteiger partial charge in [0.05, 0.1) is 27.8 Å². The molecule has 5 nitrogen and oxygen atoms in total. The number of nitrogens with zero attached hydrogens (tertiary/aromatic N) is 4. The van der Waals surface area contributed by atoms with Gasteiger partial charge in [0.1, 0.15) is 0 Å². The molecule has 2 atom stereocenters. The number of hydrogen-bond acceptors (Lipinski definition) is 4. The van der Waals surface area contributed by atoms with Crippen molar-refractivity contribution >= 4 is 16.9 Å². The van der Waals surface area contributed by atoms with Crippen LogP contribution in [-0.2, 0) is 15.6 Å². The number of carbonyl (C=O) groups excluding carboxylic acids is 1. The number of hydrogen-bond donors (Lipinski definition) is 0. The summed E-state index contributed by atoms with van der Waals surface area (Å²) in [5, 5.41) is 0. The maximum atomic E-state index is 14.1. The lowest BCUT2D eigenvalue weighted by Crippen LogP contribution is -2.57. The summed E-state index contributed by atoms with van der Waals surface area (Å²) in [4.78, 5) is 28.7. The highest BCUT2D eigenvalue weighted by Crippen LogP contribution is 2.70. The SMILES string of the molecule is CCN1CCN(C(=O)C23CCC(C)(c4nc5ccccc5nc42)C3(C)C)CC1. The van der Waals surface area contributed by atoms with Crippen molar-refractivity contribution in [2.45, 2.75) is 51.4 Å². The molecule has 3 aliphatic rings. The van der Waals surface area contributed by atoms with Crippen molar-refractivity contribution in [2.24, 2.45) is 5.41 Å². The summed E-state index contributed by atoms with van der Waals surface area (Å²) < 4.78 is 0. The lowest BCUT2D eigenvalue weighted by Gasteiger charge is -2.44. The summed E-state index contributed by atoms with van der Waals surface area (Å²) in [5.74, 6) is 0.278. The van der Waals surface area contributed by atoms with Gasteiger partial charge in [-0.1, -0.05) is 39.8 Å². The molecule has 2 bridgehead atoms. The molecule has 2 fully saturated rings. The van der Waals surface area contributed by atoms with Crippen LogP contribution in [0.3, 0.4) is 0 Å². The molecule has 0 N–H and O–H groups in total. The molecular weight excluding hydrogens is 348 g/mol. The van der Waals surface area contributed by atoms with Crippen molar-refractivity contribution < 1.29 is 4.79 Å². The molecule has 2 heterocycles. The topological polar surface area (TPSA) is 49.3 Å². The molecule has 1 amide bonds. The van der Waals surface area contributed by atoms with Gasteiger partial charge < -0.3 is 9.80 Å². The number of para-hydroxylation sites is 2. The molecule has 1 saturated heterocycles. The Labute approximate surface area is 167 Å². The number of rotatable bonds is 2. The Morgan fingerprint density at radius 2 is 1.57 bits per heavy atom. The first-order valence-corrected chi connectivity index (χ1v) is 10.6. The van der Waals surface area contributed by atoms with Crippen LogP contribution in [0.2, 0.25) is 0 Å². The van der Waals surface area contributed by atoms with Gasteiger partial charge in [0.2, 0.25) is 5.91 Å². The monoisotopic (exact) mass is 378 g/mol. The zero-order valence-corrected chi connectivity index (χ0v) is 17.5. The normalized spacial score (nSPS) is 31.4. The Morgan fingerprint density at radius 3 is 2.18 bits per heavy atom. The standard InChI is InChI=1S/C23H30N4O/c1-5-26-12-14-27(15-13-26)20(28)23-11-10-22(4,21(23,2)3)18-19(23)25-17-9-7-6-8-16(17)24-18/h6-9H,5,10-15H2,1-4H3. The fourth-order valence-corrected chi connectivity index (χ4v) is 6.06. The van der Waals surface area contributed by atoms with Crippen molar-refractivity contribution in [2.75, 3.05) is 32.7 Å². The molecule has 1 aromatic heterocycles. The maximum Gasteiger partial charge on any atom is 0.235 e. The van der Waals surface area contributed by atoms with Crippen LogP contribution >= 0.6 is 0 Å². The number of carbonyl (C=O) groups is 1. The number of fused-ring (bicyclic) bond motifs is 6. The van der Waals surface area contributed by atoms with Gasteiger partial charge in [0, 0.05) is 31.6 Å². The third-order valence-electron chi connectivity index (χ3n) is 8.42. The molecule has 2 unspecified atom stereocenters. The summed E-state index contributed by atoms with van der Waals surface area (Å²) in [6.07, 6.45) is 1.88. The molecule has 28 heavy (non-hydrogen) atoms. The van der Waals surface area contributed by atoms with E-state index >= 15 is 0 Å². The molecule has 1 aromatic carbocycles. The summed E-state index contributed by atoms with van der Waals surface area (Å²) in [6, 6.07) is 8.06. The summed E-state index contributed by atoms with van der Waals surface area (Å²) in [7, 11) is 0. The second kappa shape index (κ2) is 5.76. The van der Waals surface area contributed by atoms with E-state index in [0.717, 1.165) is 68.0 Å². The maximum absolute atomic E-state index is 14.1. The van der Waals surface area contributed by atoms with Crippen molar-refractivity contribution in [3.8, 4) is 0 Å². The molecule has 5 heteroatoms. The van der Waals surface area contributed by atoms with Gasteiger partial charge in [-0.05, 0) is 36.9 Å². The van der Waals surface area contributed by atoms with Crippen molar-refractivity contribution in [1.29, 1.82) is 0 Å². The number of likely N-dealkylation sites (N-methyl/N-ethyl adjacent to an activating group) is 1. The summed E-state index contributed by atoms with van der Waals surface area (Å²) in [5.41, 5.74) is 2.98. The van der Waals surface area contributed by atoms with Crippen LogP contribution in [0.25, 0.3) is 11.0 Å². The van der Waals surface area contributed by atoms with E-state index in [4.69, 9.17) is 9.97 Å². The first-order valence-electron chi connectivity index (χ1n) is 10.6. The van der Waals surface area contributed by atoms with E-state index < -0.39 is 5.41 Å². The van der Waals surface area contributed by atoms with Gasteiger partial charge >= 0.3 is 0 Å². The highest BCUT2D eigenvalue weighted by molar-refractivity contribution is 5.93. The van der Waals surface area contributed by atoms with E-state index in [1.54, 1.807) is 0 Å². The lowest BCUT2D eigenvalue weighted by atomic mass is 9.63. The second-order valence-corrected chi connectivity index (χ2v) is 9.50. The summed E-state index contributed by atoms with van der Waals surface area (Å²) >= 11 is 0. The fourth-order valence-electron chi connectivity index (χ4n) is 6.06. The van der Waals surface area contributed by atoms with Gasteiger partial charge in [-0.2, -0.15) is 0 Å². The Kier molecular flexibility index (Phi) is 3.71. The Hall–Kier alpha value is -2.01. The molecule has 0 radical (unpaired) electrons. The molecule has 5 rings (SSSR count). The number of piperazine rings is 1. The number of amides is 1. The van der Waals surface area contributed by atoms with E-state index in [9.17, 15) is 4.79 Å². The zero-order chi connectivity index (χ0) is 19.7. The van der Waals surface area contributed by atoms with Crippen molar-refractivity contribution in [3.05, 3.63) is 35.7 Å². The lowest BCUT2D eigenvalue weighted by molar-refractivity contribution is -0.143. The van der Waals surface area contributed by atoms with Gasteiger partial charge in [0.15, 0.2) is 0 Å². The van der Waals surface area contributed by atoms with E-state index in [2.05, 4.69) is 37.5 Å². The quantitative estimate of drug-likeness (QED) is 0.806. The first-order chi connectivity index (χ1) is 13.3. The molecule has 1 saturated carbocycles. The minimum atomic E-state index is -0.553. The second-order valence-electron chi connectivity index (χ2n) is 9.50. The van der Waals surface area contributed by atoms with Gasteiger partial charge in [-0.15, -0.1) is 0 Å². The van der Waals surface area contributed by atoms with Crippen LogP contribution in [0, 0.1) is 5.41 Å². The van der Waals surface area contributed by atoms with E-state index in [1.165, 1.54) is 0 Å². The zero-order valence-electron chi connectivity index (χ0n) is 17.5. The predicted molar refractivity (Wildman–Crippen MR) is 110 cm³/mol. The Balaban J connectivity index is 1.65. The van der Waals surface area contributed by atoms with Crippen molar-refractivity contribution in [1.82, 2.24) is 19.8 Å². The molecule has 0 spiro atoms. The van der Waals surface area contributed by atoms with Crippen LogP contribution in [-0.4, -0.2) is 58.4 Å². The first kappa shape index (κ1) is 18.0. The third kappa shape index (κ3) is 1.98. The van der Waals surface area contributed by atoms with Crippen LogP contribution in [0.15, 0.2) is 24.3 Å². The minimum absolute atomic E-state index is 0.111. The number of aromatic nitrogens is 2. The van der Waals surface area contributed by atoms with Gasteiger partial charge in [-0.25, -0.2) is 9.97 Å². The largest absolute Gasteiger partial charge is 0.339 e. The molecular formula is C23H30N4O. The van der Waals surface area contributed by atoms with Crippen LogP contribution in [0.4, 0.5) is 0 Å². The number of benzene rings is 1. The van der Waals surface area contributed by atoms with Gasteiger partial charge in [0.25, 0.3) is 0 Å². The van der Waals surface area contributed by atoms with E-state index in [0.29, 0.717) is 0 Å². The molecule has 148 valence electrons. The predicted octanol–water partition coefficient (Wildman–Crippen LogP) is 3.12. The fraction of sp³-hybridized carbons (Fsp3) is 0.609. The molecule has 1 aliphatic heterocycles. The summed E-state index contributed by atoms with van der Waals surface area (Å²) in [6.45, 7) is 13.6. The average Bonchev–Trinajstić information content (AvgIpc) is 3.01. The van der Waals surface area contributed by atoms with Crippen LogP contribution in [0.1, 0.15) is 51.9 Å². The highest BCUT2D eigenvalue weighted by Gasteiger charge is 2.73. The van der Waals surface area contributed by atoms with E-state index in [1.807, 2.05) is 24.3 Å². The van der Waals surface area contributed by atoms with Crippen LogP contribution < -0.4 is 0 Å². The van der Waals surface area contributed by atoms with Gasteiger partial charge in [-0.3, -0.25) is 4.79 Å². The molecule has 2 aliphatic carbocycles. The Morgan fingerprint density at radius 1 is 0.964 bits per heavy atom. The van der Waals surface area contributed by atoms with Crippen LogP contribution in [0.5, 0.6) is 0 Å². The highest BCUT2D eigenvalue weighted by atomic mass is 16.2. The third-order valence-corrected chi connectivity index (χ3v) is 8.42. The van der Waals surface area contributed by atoms with E-state index in [-0.39, 0.29) is 16.7 Å². The minimum Gasteiger partial charge on any atom is -0.339 e. The Bertz CT molecular complexity index is 962. The average molecular weight is 379 g/mol.